The Morgan fingerprint density at radius 2 is 1.63 bits per heavy atom. The van der Waals surface area contributed by atoms with Gasteiger partial charge in [-0.05, 0) is 43.7 Å². The number of benzene rings is 3. The van der Waals surface area contributed by atoms with E-state index < -0.39 is 18.0 Å². The SMILES string of the molecule is CCOC(=O)COc1ccccc1/C=c1\sc2n(c1=O)[C@@H](c1ccc(OC)cc1)C(C(=O)OCC)=C(c1ccccc1)N=2. The fourth-order valence-electron chi connectivity index (χ4n) is 4.75. The normalized spacial score (nSPS) is 14.5. The lowest BCUT2D eigenvalue weighted by Crippen LogP contribution is -2.40. The van der Waals surface area contributed by atoms with Crippen LogP contribution in [0, 0.1) is 0 Å². The molecule has 1 atom stereocenters. The van der Waals surface area contributed by atoms with Gasteiger partial charge < -0.3 is 18.9 Å². The molecular weight excluding hydrogens is 568 g/mol. The first-order valence-electron chi connectivity index (χ1n) is 13.7. The van der Waals surface area contributed by atoms with Crippen LogP contribution < -0.4 is 24.4 Å². The summed E-state index contributed by atoms with van der Waals surface area (Å²) in [4.78, 5) is 44.9. The van der Waals surface area contributed by atoms with Gasteiger partial charge in [0.2, 0.25) is 0 Å². The van der Waals surface area contributed by atoms with Crippen LogP contribution in [0.5, 0.6) is 11.5 Å². The molecule has 0 fully saturated rings. The van der Waals surface area contributed by atoms with Crippen molar-refractivity contribution in [3.63, 3.8) is 0 Å². The van der Waals surface area contributed by atoms with Gasteiger partial charge in [0.25, 0.3) is 5.56 Å². The minimum atomic E-state index is -0.811. The maximum absolute atomic E-state index is 14.1. The summed E-state index contributed by atoms with van der Waals surface area (Å²) in [6.45, 7) is 3.60. The summed E-state index contributed by atoms with van der Waals surface area (Å²) in [5.74, 6) is 0.0137. The Kier molecular flexibility index (Phi) is 9.17. The third-order valence-electron chi connectivity index (χ3n) is 6.66. The van der Waals surface area contributed by atoms with Crippen molar-refractivity contribution in [1.29, 1.82) is 0 Å². The lowest BCUT2D eigenvalue weighted by Gasteiger charge is -2.26. The number of hydrogen-bond donors (Lipinski definition) is 0. The molecule has 0 amide bonds. The van der Waals surface area contributed by atoms with E-state index >= 15 is 0 Å². The third kappa shape index (κ3) is 6.29. The van der Waals surface area contributed by atoms with Crippen molar-refractivity contribution in [3.05, 3.63) is 121 Å². The Morgan fingerprint density at radius 1 is 0.930 bits per heavy atom. The largest absolute Gasteiger partial charge is 0.497 e. The topological polar surface area (TPSA) is 105 Å². The standard InChI is InChI=1S/C33H30N2O7S/c1-4-40-27(36)20-42-25-14-10-9-13-23(25)19-26-31(37)35-30(22-15-17-24(39-3)18-16-22)28(32(38)41-5-2)29(34-33(35)43-26)21-11-7-6-8-12-21/h6-19,30H,4-5,20H2,1-3H3/b26-19-/t30-/m0/s1. The van der Waals surface area contributed by atoms with Crippen LogP contribution in [-0.2, 0) is 19.1 Å². The van der Waals surface area contributed by atoms with Crippen molar-refractivity contribution in [2.75, 3.05) is 26.9 Å². The van der Waals surface area contributed by atoms with Crippen LogP contribution in [0.4, 0.5) is 0 Å². The van der Waals surface area contributed by atoms with Crippen molar-refractivity contribution in [2.24, 2.45) is 4.99 Å². The lowest BCUT2D eigenvalue weighted by molar-refractivity contribution is -0.145. The predicted octanol–water partition coefficient (Wildman–Crippen LogP) is 3.89. The highest BCUT2D eigenvalue weighted by atomic mass is 32.1. The number of methoxy groups -OCH3 is 1. The van der Waals surface area contributed by atoms with E-state index in [-0.39, 0.29) is 31.0 Å². The number of nitrogens with zero attached hydrogens (tertiary/aromatic N) is 2. The number of para-hydroxylation sites is 1. The molecule has 0 saturated heterocycles. The molecule has 5 rings (SSSR count). The van der Waals surface area contributed by atoms with Crippen LogP contribution in [-0.4, -0.2) is 43.4 Å². The molecule has 2 heterocycles. The van der Waals surface area contributed by atoms with Crippen molar-refractivity contribution < 1.29 is 28.5 Å². The summed E-state index contributed by atoms with van der Waals surface area (Å²) in [5.41, 5.74) is 2.38. The zero-order valence-electron chi connectivity index (χ0n) is 23.9. The number of aromatic nitrogens is 1. The molecule has 0 spiro atoms. The van der Waals surface area contributed by atoms with Gasteiger partial charge in [0.15, 0.2) is 11.4 Å². The highest BCUT2D eigenvalue weighted by Gasteiger charge is 2.35. The van der Waals surface area contributed by atoms with Gasteiger partial charge in [-0.3, -0.25) is 9.36 Å². The van der Waals surface area contributed by atoms with Gasteiger partial charge in [-0.15, -0.1) is 0 Å². The van der Waals surface area contributed by atoms with Gasteiger partial charge in [0.1, 0.15) is 11.5 Å². The summed E-state index contributed by atoms with van der Waals surface area (Å²) in [6, 6.07) is 22.9. The van der Waals surface area contributed by atoms with Gasteiger partial charge >= 0.3 is 11.9 Å². The molecule has 9 nitrogen and oxygen atoms in total. The van der Waals surface area contributed by atoms with Gasteiger partial charge in [-0.1, -0.05) is 72.0 Å². The molecular formula is C33H30N2O7S. The first kappa shape index (κ1) is 29.5. The van der Waals surface area contributed by atoms with E-state index in [9.17, 15) is 14.4 Å². The van der Waals surface area contributed by atoms with Crippen LogP contribution in [0.25, 0.3) is 11.8 Å². The van der Waals surface area contributed by atoms with E-state index in [0.717, 1.165) is 5.56 Å². The monoisotopic (exact) mass is 598 g/mol. The molecule has 0 saturated carbocycles. The summed E-state index contributed by atoms with van der Waals surface area (Å²) in [5, 5.41) is 0. The molecule has 0 radical (unpaired) electrons. The number of rotatable bonds is 10. The lowest BCUT2D eigenvalue weighted by atomic mass is 9.93. The minimum absolute atomic E-state index is 0.159. The molecule has 4 aromatic rings. The Hall–Kier alpha value is -4.96. The predicted molar refractivity (Wildman–Crippen MR) is 163 cm³/mol. The highest BCUT2D eigenvalue weighted by Crippen LogP contribution is 2.35. The molecule has 0 unspecified atom stereocenters. The molecule has 0 N–H and O–H groups in total. The van der Waals surface area contributed by atoms with E-state index in [4.69, 9.17) is 23.9 Å². The first-order chi connectivity index (χ1) is 20.9. The molecule has 1 aliphatic rings. The Balaban J connectivity index is 1.72. The number of hydrogen-bond acceptors (Lipinski definition) is 9. The maximum atomic E-state index is 14.1. The second kappa shape index (κ2) is 13.3. The minimum Gasteiger partial charge on any atom is -0.497 e. The highest BCUT2D eigenvalue weighted by molar-refractivity contribution is 7.07. The van der Waals surface area contributed by atoms with Crippen molar-refractivity contribution >= 4 is 35.0 Å². The number of carbonyl (C=O) groups is 2. The number of carbonyl (C=O) groups excluding carboxylic acids is 2. The number of esters is 2. The fraction of sp³-hybridized carbons (Fsp3) is 0.212. The second-order valence-electron chi connectivity index (χ2n) is 9.34. The molecule has 220 valence electrons. The van der Waals surface area contributed by atoms with Crippen LogP contribution in [0.1, 0.15) is 36.6 Å². The zero-order chi connectivity index (χ0) is 30.3. The molecule has 10 heteroatoms. The van der Waals surface area contributed by atoms with Gasteiger partial charge in [-0.25, -0.2) is 14.6 Å². The van der Waals surface area contributed by atoms with Gasteiger partial charge in [0, 0.05) is 11.1 Å². The number of thiazole rings is 1. The van der Waals surface area contributed by atoms with Crippen molar-refractivity contribution in [3.8, 4) is 11.5 Å². The molecule has 3 aromatic carbocycles. The van der Waals surface area contributed by atoms with Crippen LogP contribution in [0.2, 0.25) is 0 Å². The van der Waals surface area contributed by atoms with Crippen LogP contribution in [0.3, 0.4) is 0 Å². The zero-order valence-corrected chi connectivity index (χ0v) is 24.8. The smallest absolute Gasteiger partial charge is 0.344 e. The van der Waals surface area contributed by atoms with Gasteiger partial charge in [-0.2, -0.15) is 0 Å². The van der Waals surface area contributed by atoms with Crippen LogP contribution >= 0.6 is 11.3 Å². The third-order valence-corrected chi connectivity index (χ3v) is 7.64. The van der Waals surface area contributed by atoms with E-state index in [1.54, 1.807) is 57.4 Å². The number of fused-ring (bicyclic) bond motifs is 1. The maximum Gasteiger partial charge on any atom is 0.344 e. The molecule has 43 heavy (non-hydrogen) atoms. The molecule has 1 aromatic heterocycles. The quantitative estimate of drug-likeness (QED) is 0.255. The first-order valence-corrected chi connectivity index (χ1v) is 14.6. The van der Waals surface area contributed by atoms with E-state index in [1.807, 2.05) is 48.5 Å². The molecule has 1 aliphatic heterocycles. The second-order valence-corrected chi connectivity index (χ2v) is 10.3. The summed E-state index contributed by atoms with van der Waals surface area (Å²) in [7, 11) is 1.57. The van der Waals surface area contributed by atoms with E-state index in [0.29, 0.717) is 37.7 Å². The van der Waals surface area contributed by atoms with Gasteiger partial charge in [0.05, 0.1) is 42.2 Å². The molecule has 0 bridgehead atoms. The fourth-order valence-corrected chi connectivity index (χ4v) is 5.75. The summed E-state index contributed by atoms with van der Waals surface area (Å²) >= 11 is 1.20. The Bertz CT molecular complexity index is 1840. The average molecular weight is 599 g/mol. The Labute approximate surface area is 252 Å². The van der Waals surface area contributed by atoms with E-state index in [1.165, 1.54) is 15.9 Å². The van der Waals surface area contributed by atoms with Crippen molar-refractivity contribution in [2.45, 2.75) is 19.9 Å². The van der Waals surface area contributed by atoms with E-state index in [2.05, 4.69) is 0 Å². The summed E-state index contributed by atoms with van der Waals surface area (Å²) < 4.78 is 23.4. The van der Waals surface area contributed by atoms with Crippen molar-refractivity contribution in [1.82, 2.24) is 4.57 Å². The summed E-state index contributed by atoms with van der Waals surface area (Å²) in [6.07, 6.45) is 1.70. The average Bonchev–Trinajstić information content (AvgIpc) is 3.34. The number of ether oxygens (including phenoxy) is 4. The Morgan fingerprint density at radius 3 is 2.33 bits per heavy atom. The van der Waals surface area contributed by atoms with Crippen LogP contribution in [0.15, 0.2) is 94.2 Å². The molecule has 0 aliphatic carbocycles.